The van der Waals surface area contributed by atoms with Gasteiger partial charge in [-0.1, -0.05) is 17.6 Å². The van der Waals surface area contributed by atoms with Crippen molar-refractivity contribution in [2.75, 3.05) is 0 Å². The summed E-state index contributed by atoms with van der Waals surface area (Å²) in [5.74, 6) is 0. The van der Waals surface area contributed by atoms with E-state index in [1.807, 2.05) is 34.9 Å². The Labute approximate surface area is 116 Å². The number of rotatable bonds is 2. The molecule has 0 N–H and O–H groups in total. The zero-order valence-corrected chi connectivity index (χ0v) is 10.6. The molecule has 0 amide bonds. The molecular formula is C14H8BClN2O. The van der Waals surface area contributed by atoms with E-state index in [1.54, 1.807) is 18.5 Å². The average Bonchev–Trinajstić information content (AvgIpc) is 2.81. The van der Waals surface area contributed by atoms with Gasteiger partial charge in [-0.25, -0.2) is 4.98 Å². The molecule has 0 aliphatic heterocycles. The van der Waals surface area contributed by atoms with Gasteiger partial charge in [0.25, 0.3) is 5.24 Å². The minimum absolute atomic E-state index is 0.437. The highest BCUT2D eigenvalue weighted by Gasteiger charge is 2.08. The molecule has 0 aliphatic carbocycles. The van der Waals surface area contributed by atoms with E-state index >= 15 is 0 Å². The number of halogens is 1. The molecule has 2 radical (unpaired) electrons. The van der Waals surface area contributed by atoms with Gasteiger partial charge >= 0.3 is 0 Å². The van der Waals surface area contributed by atoms with Crippen molar-refractivity contribution in [1.29, 1.82) is 0 Å². The zero-order chi connectivity index (χ0) is 13.4. The number of aromatic nitrogens is 2. The van der Waals surface area contributed by atoms with Gasteiger partial charge < -0.3 is 0 Å². The summed E-state index contributed by atoms with van der Waals surface area (Å²) < 4.78 is 1.91. The standard InChI is InChI=1S/C14H8BClN2O/c15-10-2-1-3-11(7-10)18-8-17-12-6-9(14(16)19)4-5-13(12)18/h1-8H. The Kier molecular flexibility index (Phi) is 2.88. The van der Waals surface area contributed by atoms with Crippen molar-refractivity contribution in [1.82, 2.24) is 9.55 Å². The average molecular weight is 266 g/mol. The number of hydrogen-bond acceptors (Lipinski definition) is 2. The molecular weight excluding hydrogens is 258 g/mol. The number of benzene rings is 2. The molecule has 3 aromatic rings. The third-order valence-electron chi connectivity index (χ3n) is 2.92. The van der Waals surface area contributed by atoms with E-state index in [0.29, 0.717) is 16.5 Å². The van der Waals surface area contributed by atoms with E-state index < -0.39 is 5.24 Å². The fourth-order valence-corrected chi connectivity index (χ4v) is 2.13. The van der Waals surface area contributed by atoms with Crippen LogP contribution in [0.15, 0.2) is 48.8 Å². The Morgan fingerprint density at radius 3 is 2.79 bits per heavy atom. The first kappa shape index (κ1) is 12.0. The van der Waals surface area contributed by atoms with Gasteiger partial charge in [-0.15, -0.1) is 0 Å². The van der Waals surface area contributed by atoms with Gasteiger partial charge in [0.15, 0.2) is 0 Å². The highest BCUT2D eigenvalue weighted by Crippen LogP contribution is 2.19. The van der Waals surface area contributed by atoms with E-state index in [1.165, 1.54) is 0 Å². The number of carbonyl (C=O) groups is 1. The van der Waals surface area contributed by atoms with Crippen molar-refractivity contribution in [3.63, 3.8) is 0 Å². The summed E-state index contributed by atoms with van der Waals surface area (Å²) in [5, 5.41) is -0.486. The van der Waals surface area contributed by atoms with Crippen molar-refractivity contribution in [3.8, 4) is 5.69 Å². The van der Waals surface area contributed by atoms with Crippen LogP contribution >= 0.6 is 11.6 Å². The maximum absolute atomic E-state index is 11.1. The first-order valence-electron chi connectivity index (χ1n) is 5.68. The number of fused-ring (bicyclic) bond motifs is 1. The Morgan fingerprint density at radius 1 is 1.21 bits per heavy atom. The molecule has 0 atom stereocenters. The van der Waals surface area contributed by atoms with Crippen molar-refractivity contribution < 1.29 is 4.79 Å². The molecule has 3 nitrogen and oxygen atoms in total. The topological polar surface area (TPSA) is 34.9 Å². The fraction of sp³-hybridized carbons (Fsp3) is 0. The second-order valence-electron chi connectivity index (χ2n) is 4.19. The van der Waals surface area contributed by atoms with Crippen molar-refractivity contribution in [2.24, 2.45) is 0 Å². The Balaban J connectivity index is 2.18. The zero-order valence-electron chi connectivity index (χ0n) is 9.88. The lowest BCUT2D eigenvalue weighted by atomic mass is 9.96. The largest absolute Gasteiger partial charge is 0.299 e. The number of carbonyl (C=O) groups excluding carboxylic acids is 1. The van der Waals surface area contributed by atoms with Gasteiger partial charge in [-0.05, 0) is 41.9 Å². The quantitative estimate of drug-likeness (QED) is 0.526. The molecule has 0 bridgehead atoms. The summed E-state index contributed by atoms with van der Waals surface area (Å²) in [7, 11) is 5.78. The first-order chi connectivity index (χ1) is 9.15. The summed E-state index contributed by atoms with van der Waals surface area (Å²) in [6.07, 6.45) is 1.70. The van der Waals surface area contributed by atoms with Gasteiger partial charge in [0.05, 0.1) is 11.0 Å². The lowest BCUT2D eigenvalue weighted by molar-refractivity contribution is 0.108. The highest BCUT2D eigenvalue weighted by molar-refractivity contribution is 6.67. The van der Waals surface area contributed by atoms with E-state index in [9.17, 15) is 4.79 Å². The second-order valence-corrected chi connectivity index (χ2v) is 4.53. The van der Waals surface area contributed by atoms with Crippen LogP contribution in [0.1, 0.15) is 10.4 Å². The van der Waals surface area contributed by atoms with Crippen LogP contribution in [0, 0.1) is 0 Å². The van der Waals surface area contributed by atoms with E-state index in [0.717, 1.165) is 11.2 Å². The SMILES string of the molecule is [B]c1cccc(-n2cnc3cc(C(=O)Cl)ccc32)c1. The summed E-state index contributed by atoms with van der Waals surface area (Å²) in [5.41, 5.74) is 3.66. The van der Waals surface area contributed by atoms with Crippen LogP contribution in [0.2, 0.25) is 0 Å². The predicted octanol–water partition coefficient (Wildman–Crippen LogP) is 2.20. The molecule has 0 aliphatic rings. The molecule has 3 rings (SSSR count). The molecule has 0 saturated carbocycles. The smallest absolute Gasteiger partial charge is 0.252 e. The summed E-state index contributed by atoms with van der Waals surface area (Å²) in [4.78, 5) is 15.4. The van der Waals surface area contributed by atoms with E-state index in [4.69, 9.17) is 19.4 Å². The molecule has 0 unspecified atom stereocenters. The minimum atomic E-state index is -0.486. The third-order valence-corrected chi connectivity index (χ3v) is 3.14. The predicted molar refractivity (Wildman–Crippen MR) is 76.6 cm³/mol. The highest BCUT2D eigenvalue weighted by atomic mass is 35.5. The van der Waals surface area contributed by atoms with Gasteiger partial charge in [-0.3, -0.25) is 9.36 Å². The van der Waals surface area contributed by atoms with Gasteiger partial charge in [-0.2, -0.15) is 0 Å². The van der Waals surface area contributed by atoms with Crippen LogP contribution in [-0.2, 0) is 0 Å². The van der Waals surface area contributed by atoms with Crippen molar-refractivity contribution in [3.05, 3.63) is 54.4 Å². The number of hydrogen-bond donors (Lipinski definition) is 0. The molecule has 0 saturated heterocycles. The molecule has 0 fully saturated rings. The summed E-state index contributed by atoms with van der Waals surface area (Å²) >= 11 is 5.46. The van der Waals surface area contributed by atoms with E-state index in [-0.39, 0.29) is 0 Å². The third kappa shape index (κ3) is 2.15. The fourth-order valence-electron chi connectivity index (χ4n) is 2.02. The van der Waals surface area contributed by atoms with Gasteiger partial charge in [0.1, 0.15) is 14.2 Å². The lowest BCUT2D eigenvalue weighted by Gasteiger charge is -2.05. The maximum atomic E-state index is 11.1. The molecule has 1 heterocycles. The van der Waals surface area contributed by atoms with Crippen LogP contribution in [0.3, 0.4) is 0 Å². The molecule has 0 spiro atoms. The first-order valence-corrected chi connectivity index (χ1v) is 6.06. The summed E-state index contributed by atoms with van der Waals surface area (Å²) in [6, 6.07) is 12.7. The monoisotopic (exact) mass is 266 g/mol. The van der Waals surface area contributed by atoms with Crippen molar-refractivity contribution >= 4 is 41.2 Å². The van der Waals surface area contributed by atoms with Crippen LogP contribution in [-0.4, -0.2) is 22.6 Å². The van der Waals surface area contributed by atoms with Crippen LogP contribution in [0.4, 0.5) is 0 Å². The minimum Gasteiger partial charge on any atom is -0.299 e. The van der Waals surface area contributed by atoms with Crippen LogP contribution in [0.25, 0.3) is 16.7 Å². The van der Waals surface area contributed by atoms with Crippen LogP contribution < -0.4 is 5.46 Å². The molecule has 19 heavy (non-hydrogen) atoms. The van der Waals surface area contributed by atoms with Crippen molar-refractivity contribution in [2.45, 2.75) is 0 Å². The molecule has 1 aromatic heterocycles. The van der Waals surface area contributed by atoms with E-state index in [2.05, 4.69) is 4.98 Å². The summed E-state index contributed by atoms with van der Waals surface area (Å²) in [6.45, 7) is 0. The maximum Gasteiger partial charge on any atom is 0.252 e. The molecule has 2 aromatic carbocycles. The van der Waals surface area contributed by atoms with Gasteiger partial charge in [0.2, 0.25) is 0 Å². The number of imidazole rings is 1. The molecule has 5 heteroatoms. The lowest BCUT2D eigenvalue weighted by Crippen LogP contribution is -2.03. The normalized spacial score (nSPS) is 10.8. The Hall–Kier alpha value is -2.07. The van der Waals surface area contributed by atoms with Gasteiger partial charge in [0, 0.05) is 11.3 Å². The number of nitrogens with zero attached hydrogens (tertiary/aromatic N) is 2. The molecule has 90 valence electrons. The Bertz CT molecular complexity index is 782. The second kappa shape index (κ2) is 4.55. The Morgan fingerprint density at radius 2 is 2.05 bits per heavy atom. The van der Waals surface area contributed by atoms with Crippen LogP contribution in [0.5, 0.6) is 0 Å².